The molecule has 5 nitrogen and oxygen atoms in total. The van der Waals surface area contributed by atoms with E-state index in [1.54, 1.807) is 0 Å². The minimum absolute atomic E-state index is 0.166. The molecule has 228 valence electrons. The summed E-state index contributed by atoms with van der Waals surface area (Å²) >= 11 is 0. The van der Waals surface area contributed by atoms with Crippen molar-refractivity contribution in [3.8, 4) is 0 Å². The highest BCUT2D eigenvalue weighted by molar-refractivity contribution is 5.88. The summed E-state index contributed by atoms with van der Waals surface area (Å²) in [7, 11) is 0. The number of rotatable bonds is 6. The van der Waals surface area contributed by atoms with Crippen LogP contribution in [0.2, 0.25) is 0 Å². The molecule has 0 amide bonds. The number of benzene rings is 2. The predicted octanol–water partition coefficient (Wildman–Crippen LogP) is 6.02. The molecule has 2 aliphatic carbocycles. The number of hydrogen-bond donors (Lipinski definition) is 2. The average Bonchev–Trinajstić information content (AvgIpc) is 3.84. The van der Waals surface area contributed by atoms with Crippen molar-refractivity contribution in [2.75, 3.05) is 13.1 Å². The van der Waals surface area contributed by atoms with Crippen LogP contribution in [0, 0.1) is 46.9 Å². The normalized spacial score (nSPS) is 33.7. The molecule has 2 aromatic rings. The third-order valence-electron chi connectivity index (χ3n) is 10.5. The van der Waals surface area contributed by atoms with Gasteiger partial charge in [0.2, 0.25) is 0 Å². The van der Waals surface area contributed by atoms with Gasteiger partial charge in [-0.3, -0.25) is 15.4 Å². The molecule has 0 spiro atoms. The third-order valence-corrected chi connectivity index (χ3v) is 10.5. The Balaban J connectivity index is 0.995. The summed E-state index contributed by atoms with van der Waals surface area (Å²) in [5, 5.41) is 7.11. The van der Waals surface area contributed by atoms with E-state index in [1.807, 2.05) is 24.6 Å². The van der Waals surface area contributed by atoms with Crippen molar-refractivity contribution in [1.29, 1.82) is 0 Å². The van der Waals surface area contributed by atoms with Crippen LogP contribution >= 0.6 is 0 Å². The van der Waals surface area contributed by atoms with Crippen LogP contribution in [0.4, 0.5) is 17.6 Å². The average molecular weight is 603 g/mol. The van der Waals surface area contributed by atoms with Crippen LogP contribution in [0.1, 0.15) is 48.9 Å². The lowest BCUT2D eigenvalue weighted by molar-refractivity contribution is -0.124. The van der Waals surface area contributed by atoms with Crippen molar-refractivity contribution < 1.29 is 22.4 Å². The Morgan fingerprint density at radius 1 is 0.682 bits per heavy atom. The monoisotopic (exact) mass is 602 g/mol. The van der Waals surface area contributed by atoms with Gasteiger partial charge in [-0.1, -0.05) is 24.3 Å². The zero-order chi connectivity index (χ0) is 30.1. The number of allylic oxidation sites excluding steroid dienone is 2. The number of hydrogen-bond acceptors (Lipinski definition) is 5. The maximum absolute atomic E-state index is 14.7. The first kappa shape index (κ1) is 27.8. The third kappa shape index (κ3) is 4.55. The highest BCUT2D eigenvalue weighted by atomic mass is 19.1. The van der Waals surface area contributed by atoms with Gasteiger partial charge in [0.05, 0.1) is 12.1 Å². The van der Waals surface area contributed by atoms with Crippen molar-refractivity contribution in [1.82, 2.24) is 20.4 Å². The zero-order valence-electron chi connectivity index (χ0n) is 24.1. The first-order valence-corrected chi connectivity index (χ1v) is 15.6. The molecule has 4 heterocycles. The first-order chi connectivity index (χ1) is 21.4. The minimum Gasteiger partial charge on any atom is -0.351 e. The molecule has 6 aliphatic rings. The molecule has 8 atom stereocenters. The molecule has 2 fully saturated rings. The number of carbonyl (C=O) groups is 1. The SMILES string of the molecule is O=C(C1C=C2C(CNC2N2C=CCC2c2cc(F)ccc2F)C1)C1C=C2C(CNC2N2C=CCC2c2cc(F)ccc2F)C1. The van der Waals surface area contributed by atoms with Gasteiger partial charge in [0, 0.05) is 36.1 Å². The van der Waals surface area contributed by atoms with E-state index in [4.69, 9.17) is 0 Å². The Morgan fingerprint density at radius 3 is 1.59 bits per heavy atom. The molecule has 4 aliphatic heterocycles. The largest absolute Gasteiger partial charge is 0.351 e. The fourth-order valence-corrected chi connectivity index (χ4v) is 8.48. The van der Waals surface area contributed by atoms with Crippen LogP contribution < -0.4 is 10.6 Å². The molecule has 8 unspecified atom stereocenters. The topological polar surface area (TPSA) is 47.6 Å². The van der Waals surface area contributed by atoms with E-state index < -0.39 is 23.3 Å². The summed E-state index contributed by atoms with van der Waals surface area (Å²) in [6.07, 6.45) is 14.5. The van der Waals surface area contributed by atoms with E-state index in [0.29, 0.717) is 24.0 Å². The fraction of sp³-hybridized carbons (Fsp3) is 0.400. The van der Waals surface area contributed by atoms with Crippen LogP contribution in [-0.2, 0) is 4.79 Å². The molecule has 0 aromatic heterocycles. The number of fused-ring (bicyclic) bond motifs is 2. The van der Waals surface area contributed by atoms with E-state index in [1.165, 1.54) is 24.3 Å². The highest BCUT2D eigenvalue weighted by Gasteiger charge is 2.47. The minimum atomic E-state index is -0.457. The molecule has 0 bridgehead atoms. The molecule has 8 rings (SSSR count). The number of carbonyl (C=O) groups excluding carboxylic acids is 1. The molecule has 0 saturated carbocycles. The lowest BCUT2D eigenvalue weighted by Gasteiger charge is -2.33. The van der Waals surface area contributed by atoms with Gasteiger partial charge in [0.15, 0.2) is 0 Å². The number of halogens is 4. The summed E-state index contributed by atoms with van der Waals surface area (Å²) in [5.74, 6) is -1.47. The van der Waals surface area contributed by atoms with Gasteiger partial charge in [-0.05, 0) is 97.5 Å². The van der Waals surface area contributed by atoms with E-state index >= 15 is 0 Å². The van der Waals surface area contributed by atoms with Crippen LogP contribution in [0.25, 0.3) is 0 Å². The van der Waals surface area contributed by atoms with Crippen molar-refractivity contribution in [3.63, 3.8) is 0 Å². The van der Waals surface area contributed by atoms with Gasteiger partial charge >= 0.3 is 0 Å². The summed E-state index contributed by atoms with van der Waals surface area (Å²) in [5.41, 5.74) is 3.00. The highest BCUT2D eigenvalue weighted by Crippen LogP contribution is 2.46. The Labute approximate surface area is 254 Å². The van der Waals surface area contributed by atoms with Crippen molar-refractivity contribution in [2.45, 2.75) is 50.1 Å². The Kier molecular flexibility index (Phi) is 6.79. The van der Waals surface area contributed by atoms with Crippen LogP contribution in [0.3, 0.4) is 0 Å². The second kappa shape index (κ2) is 10.7. The Morgan fingerprint density at radius 2 is 1.14 bits per heavy atom. The zero-order valence-corrected chi connectivity index (χ0v) is 24.1. The second-order valence-electron chi connectivity index (χ2n) is 12.9. The molecule has 2 saturated heterocycles. The first-order valence-electron chi connectivity index (χ1n) is 15.6. The molecule has 2 aromatic carbocycles. The van der Waals surface area contributed by atoms with Crippen molar-refractivity contribution in [2.24, 2.45) is 23.7 Å². The molecular formula is C35H34F4N4O. The van der Waals surface area contributed by atoms with Crippen molar-refractivity contribution >= 4 is 5.78 Å². The Hall–Kier alpha value is -3.69. The number of ketones is 1. The molecule has 9 heteroatoms. The molecule has 0 radical (unpaired) electrons. The predicted molar refractivity (Wildman–Crippen MR) is 157 cm³/mol. The van der Waals surface area contributed by atoms with Gasteiger partial charge in [0.1, 0.15) is 41.4 Å². The number of nitrogens with zero attached hydrogens (tertiary/aromatic N) is 2. The van der Waals surface area contributed by atoms with E-state index in [9.17, 15) is 22.4 Å². The molecule has 2 N–H and O–H groups in total. The lowest BCUT2D eigenvalue weighted by atomic mass is 9.89. The smallest absolute Gasteiger partial charge is 0.146 e. The summed E-state index contributed by atoms with van der Waals surface area (Å²) in [6, 6.07) is 6.57. The van der Waals surface area contributed by atoms with Gasteiger partial charge in [0.25, 0.3) is 0 Å². The summed E-state index contributed by atoms with van der Waals surface area (Å²) in [6.45, 7) is 1.48. The van der Waals surface area contributed by atoms with Crippen LogP contribution in [0.5, 0.6) is 0 Å². The van der Waals surface area contributed by atoms with E-state index in [-0.39, 0.29) is 53.9 Å². The number of Topliss-reactive ketones (excluding diaryl/α,β-unsaturated/α-hetero) is 1. The van der Waals surface area contributed by atoms with Gasteiger partial charge in [-0.2, -0.15) is 0 Å². The molecule has 44 heavy (non-hydrogen) atoms. The van der Waals surface area contributed by atoms with Gasteiger partial charge in [-0.25, -0.2) is 17.6 Å². The number of nitrogens with one attached hydrogen (secondary N) is 2. The maximum Gasteiger partial charge on any atom is 0.146 e. The quantitative estimate of drug-likeness (QED) is 0.313. The summed E-state index contributed by atoms with van der Waals surface area (Å²) in [4.78, 5) is 18.1. The van der Waals surface area contributed by atoms with Crippen LogP contribution in [-0.4, -0.2) is 41.0 Å². The van der Waals surface area contributed by atoms with Crippen LogP contribution in [0.15, 0.2) is 84.2 Å². The van der Waals surface area contributed by atoms with E-state index in [2.05, 4.69) is 32.6 Å². The van der Waals surface area contributed by atoms with Gasteiger partial charge < -0.3 is 9.80 Å². The lowest BCUT2D eigenvalue weighted by Crippen LogP contribution is -2.40. The summed E-state index contributed by atoms with van der Waals surface area (Å²) < 4.78 is 57.5. The fourth-order valence-electron chi connectivity index (χ4n) is 8.48. The molecular weight excluding hydrogens is 568 g/mol. The second-order valence-corrected chi connectivity index (χ2v) is 12.9. The van der Waals surface area contributed by atoms with Crippen molar-refractivity contribution in [3.05, 3.63) is 119 Å². The standard InChI is InChI=1S/C35H34F4N4O/c36-23-5-7-29(38)27(15-23)31-3-1-9-42(31)34-25-13-19(11-21(25)17-40-34)33(44)20-12-22-18-41-35(26(22)14-20)43-10-2-4-32(43)28-16-24(37)6-8-30(28)39/h1-2,5-10,13-16,19-22,31-32,34-35,40-41H,3-4,11-12,17-18H2. The Bertz CT molecular complexity index is 1520. The maximum atomic E-state index is 14.7. The van der Waals surface area contributed by atoms with Gasteiger partial charge in [-0.15, -0.1) is 0 Å². The van der Waals surface area contributed by atoms with E-state index in [0.717, 1.165) is 49.2 Å².